The van der Waals surface area contributed by atoms with Gasteiger partial charge in [-0.2, -0.15) is 0 Å². The SMILES string of the molecule is CCOC(=O)C1CCN(C(=O)CCC(=O)N[C@@H](C)CCc2ccccc2)CC1. The molecule has 154 valence electrons. The molecule has 1 saturated heterocycles. The molecular formula is C22H32N2O4. The predicted molar refractivity (Wildman–Crippen MR) is 108 cm³/mol. The van der Waals surface area contributed by atoms with Gasteiger partial charge in [0.2, 0.25) is 11.8 Å². The summed E-state index contributed by atoms with van der Waals surface area (Å²) in [5.41, 5.74) is 1.25. The van der Waals surface area contributed by atoms with Crippen molar-refractivity contribution in [3.63, 3.8) is 0 Å². The fourth-order valence-corrected chi connectivity index (χ4v) is 3.45. The quantitative estimate of drug-likeness (QED) is 0.660. The summed E-state index contributed by atoms with van der Waals surface area (Å²) in [6.07, 6.45) is 3.45. The molecule has 0 spiro atoms. The van der Waals surface area contributed by atoms with Crippen molar-refractivity contribution in [3.8, 4) is 0 Å². The number of hydrogen-bond donors (Lipinski definition) is 1. The number of esters is 1. The average Bonchev–Trinajstić information content (AvgIpc) is 2.71. The van der Waals surface area contributed by atoms with Crippen molar-refractivity contribution in [2.24, 2.45) is 5.92 Å². The second-order valence-corrected chi connectivity index (χ2v) is 7.40. The number of nitrogens with one attached hydrogen (secondary N) is 1. The number of nitrogens with zero attached hydrogens (tertiary/aromatic N) is 1. The van der Waals surface area contributed by atoms with E-state index in [9.17, 15) is 14.4 Å². The number of benzene rings is 1. The van der Waals surface area contributed by atoms with Gasteiger partial charge >= 0.3 is 5.97 Å². The van der Waals surface area contributed by atoms with Crippen LogP contribution in [0.4, 0.5) is 0 Å². The Morgan fingerprint density at radius 3 is 2.46 bits per heavy atom. The first-order chi connectivity index (χ1) is 13.5. The maximum absolute atomic E-state index is 12.3. The Labute approximate surface area is 167 Å². The maximum Gasteiger partial charge on any atom is 0.309 e. The molecular weight excluding hydrogens is 356 g/mol. The van der Waals surface area contributed by atoms with Crippen LogP contribution in [0.1, 0.15) is 51.5 Å². The molecule has 2 rings (SSSR count). The van der Waals surface area contributed by atoms with Crippen LogP contribution in [0.2, 0.25) is 0 Å². The third kappa shape index (κ3) is 7.33. The lowest BCUT2D eigenvalue weighted by atomic mass is 9.96. The fraction of sp³-hybridized carbons (Fsp3) is 0.591. The largest absolute Gasteiger partial charge is 0.466 e. The minimum Gasteiger partial charge on any atom is -0.466 e. The number of piperidine rings is 1. The van der Waals surface area contributed by atoms with E-state index in [0.29, 0.717) is 32.5 Å². The molecule has 1 heterocycles. The highest BCUT2D eigenvalue weighted by Gasteiger charge is 2.28. The first-order valence-corrected chi connectivity index (χ1v) is 10.3. The number of carbonyl (C=O) groups is 3. The first-order valence-electron chi connectivity index (χ1n) is 10.3. The van der Waals surface area contributed by atoms with Crippen LogP contribution in [0.5, 0.6) is 0 Å². The van der Waals surface area contributed by atoms with Crippen LogP contribution in [0, 0.1) is 5.92 Å². The third-order valence-electron chi connectivity index (χ3n) is 5.15. The van der Waals surface area contributed by atoms with E-state index in [2.05, 4.69) is 17.4 Å². The molecule has 1 N–H and O–H groups in total. The lowest BCUT2D eigenvalue weighted by molar-refractivity contribution is -0.151. The molecule has 6 nitrogen and oxygen atoms in total. The van der Waals surface area contributed by atoms with Gasteiger partial charge in [-0.1, -0.05) is 30.3 Å². The van der Waals surface area contributed by atoms with Crippen LogP contribution < -0.4 is 5.32 Å². The molecule has 0 unspecified atom stereocenters. The van der Waals surface area contributed by atoms with E-state index in [-0.39, 0.29) is 42.6 Å². The molecule has 1 atom stereocenters. The van der Waals surface area contributed by atoms with E-state index in [4.69, 9.17) is 4.74 Å². The van der Waals surface area contributed by atoms with Crippen LogP contribution in [-0.2, 0) is 25.5 Å². The molecule has 0 aliphatic carbocycles. The van der Waals surface area contributed by atoms with Gasteiger partial charge in [-0.3, -0.25) is 14.4 Å². The molecule has 1 aliphatic heterocycles. The lowest BCUT2D eigenvalue weighted by Crippen LogP contribution is -2.41. The van der Waals surface area contributed by atoms with Crippen LogP contribution in [0.3, 0.4) is 0 Å². The van der Waals surface area contributed by atoms with E-state index in [1.807, 2.05) is 25.1 Å². The molecule has 0 aromatic heterocycles. The van der Waals surface area contributed by atoms with Gasteiger partial charge in [0.1, 0.15) is 0 Å². The summed E-state index contributed by atoms with van der Waals surface area (Å²) in [7, 11) is 0. The van der Waals surface area contributed by atoms with Crippen molar-refractivity contribution in [1.29, 1.82) is 0 Å². The molecule has 1 aliphatic rings. The second-order valence-electron chi connectivity index (χ2n) is 7.40. The normalized spacial score (nSPS) is 15.7. The van der Waals surface area contributed by atoms with Crippen molar-refractivity contribution < 1.29 is 19.1 Å². The molecule has 28 heavy (non-hydrogen) atoms. The fourth-order valence-electron chi connectivity index (χ4n) is 3.45. The first kappa shape index (κ1) is 21.9. The van der Waals surface area contributed by atoms with E-state index in [0.717, 1.165) is 12.8 Å². The van der Waals surface area contributed by atoms with Gasteiger partial charge in [-0.05, 0) is 45.1 Å². The summed E-state index contributed by atoms with van der Waals surface area (Å²) in [5.74, 6) is -0.388. The predicted octanol–water partition coefficient (Wildman–Crippen LogP) is 2.71. The zero-order valence-electron chi connectivity index (χ0n) is 17.0. The highest BCUT2D eigenvalue weighted by Crippen LogP contribution is 2.19. The van der Waals surface area contributed by atoms with E-state index < -0.39 is 0 Å². The molecule has 1 aromatic rings. The molecule has 0 radical (unpaired) electrons. The Balaban J connectivity index is 1.63. The van der Waals surface area contributed by atoms with Gasteiger partial charge < -0.3 is 15.0 Å². The van der Waals surface area contributed by atoms with Crippen molar-refractivity contribution in [1.82, 2.24) is 10.2 Å². The summed E-state index contributed by atoms with van der Waals surface area (Å²) < 4.78 is 5.05. The highest BCUT2D eigenvalue weighted by atomic mass is 16.5. The topological polar surface area (TPSA) is 75.7 Å². The van der Waals surface area contributed by atoms with Crippen molar-refractivity contribution in [3.05, 3.63) is 35.9 Å². The van der Waals surface area contributed by atoms with Crippen LogP contribution in [-0.4, -0.2) is 48.4 Å². The van der Waals surface area contributed by atoms with E-state index in [1.54, 1.807) is 11.8 Å². The number of carbonyl (C=O) groups excluding carboxylic acids is 3. The molecule has 1 aromatic carbocycles. The third-order valence-corrected chi connectivity index (χ3v) is 5.15. The molecule has 0 bridgehead atoms. The van der Waals surface area contributed by atoms with Gasteiger partial charge in [-0.15, -0.1) is 0 Å². The van der Waals surface area contributed by atoms with Gasteiger partial charge in [0.15, 0.2) is 0 Å². The van der Waals surface area contributed by atoms with Crippen LogP contribution in [0.15, 0.2) is 30.3 Å². The Hall–Kier alpha value is -2.37. The Morgan fingerprint density at radius 1 is 1.14 bits per heavy atom. The summed E-state index contributed by atoms with van der Waals surface area (Å²) in [6, 6.07) is 10.3. The number of ether oxygens (including phenoxy) is 1. The summed E-state index contributed by atoms with van der Waals surface area (Å²) in [6.45, 7) is 5.28. The Bertz CT molecular complexity index is 639. The van der Waals surface area contributed by atoms with Crippen molar-refractivity contribution >= 4 is 17.8 Å². The van der Waals surface area contributed by atoms with Gasteiger partial charge in [0.05, 0.1) is 12.5 Å². The number of rotatable bonds is 9. The standard InChI is InChI=1S/C22H32N2O4/c1-3-28-22(27)19-13-15-24(16-14-19)21(26)12-11-20(25)23-17(2)9-10-18-7-5-4-6-8-18/h4-8,17,19H,3,9-16H2,1-2H3,(H,23,25)/t17-/m0/s1. The summed E-state index contributed by atoms with van der Waals surface area (Å²) in [5, 5.41) is 2.97. The molecule has 0 saturated carbocycles. The maximum atomic E-state index is 12.3. The minimum atomic E-state index is -0.168. The van der Waals surface area contributed by atoms with Gasteiger partial charge in [0, 0.05) is 32.0 Å². The molecule has 2 amide bonds. The highest BCUT2D eigenvalue weighted by molar-refractivity contribution is 5.84. The lowest BCUT2D eigenvalue weighted by Gasteiger charge is -2.31. The number of likely N-dealkylation sites (tertiary alicyclic amines) is 1. The van der Waals surface area contributed by atoms with Crippen LogP contribution in [0.25, 0.3) is 0 Å². The van der Waals surface area contributed by atoms with Gasteiger partial charge in [0.25, 0.3) is 0 Å². The van der Waals surface area contributed by atoms with E-state index in [1.165, 1.54) is 5.56 Å². The number of amides is 2. The number of hydrogen-bond acceptors (Lipinski definition) is 4. The number of aryl methyl sites for hydroxylation is 1. The summed E-state index contributed by atoms with van der Waals surface area (Å²) in [4.78, 5) is 38.0. The van der Waals surface area contributed by atoms with Crippen LogP contribution >= 0.6 is 0 Å². The average molecular weight is 389 g/mol. The monoisotopic (exact) mass is 388 g/mol. The molecule has 1 fully saturated rings. The smallest absolute Gasteiger partial charge is 0.309 e. The zero-order valence-corrected chi connectivity index (χ0v) is 17.0. The Morgan fingerprint density at radius 2 is 1.82 bits per heavy atom. The zero-order chi connectivity index (χ0) is 20.4. The summed E-state index contributed by atoms with van der Waals surface area (Å²) >= 11 is 0. The van der Waals surface area contributed by atoms with Gasteiger partial charge in [-0.25, -0.2) is 0 Å². The minimum absolute atomic E-state index is 0.0191. The second kappa shape index (κ2) is 11.5. The van der Waals surface area contributed by atoms with E-state index >= 15 is 0 Å². The van der Waals surface area contributed by atoms with Crippen molar-refractivity contribution in [2.45, 2.75) is 58.4 Å². The Kier molecular flexibility index (Phi) is 8.98. The van der Waals surface area contributed by atoms with Crippen molar-refractivity contribution in [2.75, 3.05) is 19.7 Å². The molecule has 6 heteroatoms.